The van der Waals surface area contributed by atoms with Gasteiger partial charge >= 0.3 is 0 Å². The van der Waals surface area contributed by atoms with Crippen LogP contribution in [0.3, 0.4) is 0 Å². The Bertz CT molecular complexity index is 1940. The maximum Gasteiger partial charge on any atom is 0.261 e. The summed E-state index contributed by atoms with van der Waals surface area (Å²) in [5, 5.41) is 11.0. The summed E-state index contributed by atoms with van der Waals surface area (Å²) in [5.41, 5.74) is 4.26. The van der Waals surface area contributed by atoms with Gasteiger partial charge in [0.25, 0.3) is 17.4 Å². The molecule has 218 valence electrons. The maximum atomic E-state index is 14.1. The van der Waals surface area contributed by atoms with Crippen molar-refractivity contribution in [1.82, 2.24) is 24.4 Å². The Morgan fingerprint density at radius 1 is 1.05 bits per heavy atom. The van der Waals surface area contributed by atoms with E-state index in [4.69, 9.17) is 11.6 Å². The molecule has 0 radical (unpaired) electrons. The molecule has 12 heteroatoms. The van der Waals surface area contributed by atoms with Crippen LogP contribution in [0.5, 0.6) is 0 Å². The van der Waals surface area contributed by atoms with Crippen molar-refractivity contribution in [3.05, 3.63) is 127 Å². The number of anilines is 1. The number of halogens is 3. The molecule has 0 aliphatic carbocycles. The Morgan fingerprint density at radius 3 is 2.47 bits per heavy atom. The van der Waals surface area contributed by atoms with Gasteiger partial charge in [-0.1, -0.05) is 23.7 Å². The third-order valence-corrected chi connectivity index (χ3v) is 8.69. The fourth-order valence-corrected chi connectivity index (χ4v) is 5.64. The topological polar surface area (TPSA) is 101 Å². The van der Waals surface area contributed by atoms with E-state index in [-0.39, 0.29) is 29.7 Å². The SMILES string of the molecule is CNC(=O)c1ccc(-n2c(=O)c3c(n4ncc(NCc5ccc(F)cc5)c24)CN(C(=O)c2ccc(Br)c(Cl)c2)CC3)cc1. The average molecular weight is 664 g/mol. The molecule has 6 rings (SSSR count). The van der Waals surface area contributed by atoms with E-state index < -0.39 is 0 Å². The zero-order chi connectivity index (χ0) is 30.2. The van der Waals surface area contributed by atoms with E-state index in [2.05, 4.69) is 31.7 Å². The molecule has 3 aromatic carbocycles. The smallest absolute Gasteiger partial charge is 0.261 e. The summed E-state index contributed by atoms with van der Waals surface area (Å²) in [7, 11) is 1.55. The van der Waals surface area contributed by atoms with Gasteiger partial charge in [0.1, 0.15) is 5.82 Å². The molecule has 1 aliphatic rings. The molecule has 2 amide bonds. The summed E-state index contributed by atoms with van der Waals surface area (Å²) in [4.78, 5) is 41.4. The lowest BCUT2D eigenvalue weighted by atomic mass is 10.0. The minimum atomic E-state index is -0.329. The summed E-state index contributed by atoms with van der Waals surface area (Å²) < 4.78 is 17.4. The van der Waals surface area contributed by atoms with Crippen LogP contribution in [-0.4, -0.2) is 44.5 Å². The molecule has 2 N–H and O–H groups in total. The Kier molecular flexibility index (Phi) is 7.76. The van der Waals surface area contributed by atoms with E-state index >= 15 is 0 Å². The van der Waals surface area contributed by atoms with Crippen molar-refractivity contribution in [2.75, 3.05) is 18.9 Å². The minimum Gasteiger partial charge on any atom is -0.377 e. The van der Waals surface area contributed by atoms with Gasteiger partial charge in [0.05, 0.1) is 34.8 Å². The second-order valence-electron chi connectivity index (χ2n) is 10.1. The van der Waals surface area contributed by atoms with Gasteiger partial charge in [-0.05, 0) is 82.5 Å². The highest BCUT2D eigenvalue weighted by Crippen LogP contribution is 2.28. The molecule has 3 heterocycles. The van der Waals surface area contributed by atoms with Crippen LogP contribution in [0.1, 0.15) is 37.5 Å². The van der Waals surface area contributed by atoms with Crippen LogP contribution in [0.4, 0.5) is 10.1 Å². The van der Waals surface area contributed by atoms with Crippen molar-refractivity contribution in [3.8, 4) is 5.69 Å². The van der Waals surface area contributed by atoms with E-state index in [1.165, 1.54) is 12.1 Å². The Balaban J connectivity index is 1.44. The van der Waals surface area contributed by atoms with Crippen LogP contribution in [0, 0.1) is 5.82 Å². The Labute approximate surface area is 259 Å². The predicted octanol–water partition coefficient (Wildman–Crippen LogP) is 5.21. The van der Waals surface area contributed by atoms with Gasteiger partial charge in [-0.25, -0.2) is 8.91 Å². The molecule has 0 unspecified atom stereocenters. The third-order valence-electron chi connectivity index (χ3n) is 7.46. The maximum absolute atomic E-state index is 14.1. The molecular formula is C31H25BrClFN6O3. The number of nitrogens with zero attached hydrogens (tertiary/aromatic N) is 4. The molecule has 0 saturated carbocycles. The molecule has 0 fully saturated rings. The molecule has 0 saturated heterocycles. The van der Waals surface area contributed by atoms with E-state index in [0.717, 1.165) is 5.56 Å². The average Bonchev–Trinajstić information content (AvgIpc) is 3.45. The summed E-state index contributed by atoms with van der Waals surface area (Å²) in [5.74, 6) is -0.772. The first-order valence-electron chi connectivity index (χ1n) is 13.4. The van der Waals surface area contributed by atoms with Gasteiger partial charge in [0.2, 0.25) is 0 Å². The molecule has 0 atom stereocenters. The van der Waals surface area contributed by atoms with Gasteiger partial charge in [-0.3, -0.25) is 19.0 Å². The van der Waals surface area contributed by atoms with Crippen LogP contribution in [-0.2, 0) is 19.5 Å². The molecule has 43 heavy (non-hydrogen) atoms. The fraction of sp³-hybridized carbons (Fsp3) is 0.161. The number of hydrogen-bond acceptors (Lipinski definition) is 5. The van der Waals surface area contributed by atoms with E-state index in [9.17, 15) is 18.8 Å². The first kappa shape index (κ1) is 28.6. The van der Waals surface area contributed by atoms with Gasteiger partial charge < -0.3 is 15.5 Å². The zero-order valence-electron chi connectivity index (χ0n) is 22.9. The van der Waals surface area contributed by atoms with Gasteiger partial charge in [-0.2, -0.15) is 5.10 Å². The lowest BCUT2D eigenvalue weighted by molar-refractivity contribution is 0.0729. The highest BCUT2D eigenvalue weighted by atomic mass is 79.9. The molecule has 5 aromatic rings. The van der Waals surface area contributed by atoms with Crippen LogP contribution in [0.25, 0.3) is 11.3 Å². The van der Waals surface area contributed by atoms with Crippen LogP contribution >= 0.6 is 27.5 Å². The standard InChI is InChI=1S/C31H25BrClFN6O3/c1-35-28(41)19-4-9-22(10-5-19)39-29-26(36-15-18-2-7-21(34)8-3-18)16-37-40(29)27-17-38(13-12-23(27)31(39)43)30(42)20-6-11-24(32)25(33)14-20/h2-11,14,16,36H,12-13,15,17H2,1H3,(H,35,41). The fourth-order valence-electron chi connectivity index (χ4n) is 5.21. The van der Waals surface area contributed by atoms with Crippen molar-refractivity contribution in [1.29, 1.82) is 0 Å². The normalized spacial score (nSPS) is 12.7. The number of amides is 2. The number of nitrogens with one attached hydrogen (secondary N) is 2. The third kappa shape index (κ3) is 5.41. The quantitative estimate of drug-likeness (QED) is 0.260. The van der Waals surface area contributed by atoms with Crippen molar-refractivity contribution < 1.29 is 14.0 Å². The predicted molar refractivity (Wildman–Crippen MR) is 166 cm³/mol. The number of benzene rings is 3. The molecule has 1 aliphatic heterocycles. The van der Waals surface area contributed by atoms with Gasteiger partial charge in [0.15, 0.2) is 5.65 Å². The molecule has 2 aromatic heterocycles. The molecule has 0 spiro atoms. The zero-order valence-corrected chi connectivity index (χ0v) is 25.2. The van der Waals surface area contributed by atoms with E-state index in [1.54, 1.807) is 81.8 Å². The summed E-state index contributed by atoms with van der Waals surface area (Å²) >= 11 is 9.61. The van der Waals surface area contributed by atoms with Crippen LogP contribution in [0.2, 0.25) is 5.02 Å². The minimum absolute atomic E-state index is 0.170. The summed E-state index contributed by atoms with van der Waals surface area (Å²) in [6.07, 6.45) is 1.96. The number of carbonyl (C=O) groups excluding carboxylic acids is 2. The summed E-state index contributed by atoms with van der Waals surface area (Å²) in [6.45, 7) is 0.868. The number of aromatic nitrogens is 3. The van der Waals surface area contributed by atoms with Crippen molar-refractivity contribution in [2.24, 2.45) is 0 Å². The van der Waals surface area contributed by atoms with Crippen LogP contribution in [0.15, 0.2) is 82.2 Å². The number of carbonyl (C=O) groups is 2. The number of fused-ring (bicyclic) bond motifs is 3. The highest BCUT2D eigenvalue weighted by Gasteiger charge is 2.29. The Morgan fingerprint density at radius 2 is 1.77 bits per heavy atom. The number of hydrogen-bond donors (Lipinski definition) is 2. The lowest BCUT2D eigenvalue weighted by Gasteiger charge is -2.29. The van der Waals surface area contributed by atoms with Crippen molar-refractivity contribution in [2.45, 2.75) is 19.5 Å². The Hall–Kier alpha value is -4.48. The monoisotopic (exact) mass is 662 g/mol. The van der Waals surface area contributed by atoms with Gasteiger partial charge in [-0.15, -0.1) is 0 Å². The molecule has 0 bridgehead atoms. The lowest BCUT2D eigenvalue weighted by Crippen LogP contribution is -2.41. The van der Waals surface area contributed by atoms with E-state index in [1.807, 2.05) is 0 Å². The van der Waals surface area contributed by atoms with E-state index in [0.29, 0.717) is 68.4 Å². The molecule has 9 nitrogen and oxygen atoms in total. The first-order valence-corrected chi connectivity index (χ1v) is 14.6. The molecular weight excluding hydrogens is 639 g/mol. The largest absolute Gasteiger partial charge is 0.377 e. The number of rotatable bonds is 6. The van der Waals surface area contributed by atoms with Crippen molar-refractivity contribution in [3.63, 3.8) is 0 Å². The second kappa shape index (κ2) is 11.7. The van der Waals surface area contributed by atoms with Gasteiger partial charge in [0, 0.05) is 41.3 Å². The first-order chi connectivity index (χ1) is 20.7. The summed E-state index contributed by atoms with van der Waals surface area (Å²) in [6, 6.07) is 17.9. The van der Waals surface area contributed by atoms with Crippen LogP contribution < -0.4 is 16.2 Å². The highest BCUT2D eigenvalue weighted by molar-refractivity contribution is 9.10. The second-order valence-corrected chi connectivity index (χ2v) is 11.3. The van der Waals surface area contributed by atoms with Crippen molar-refractivity contribution >= 4 is 50.7 Å².